The third kappa shape index (κ3) is 3.37. The summed E-state index contributed by atoms with van der Waals surface area (Å²) in [5, 5.41) is 5.41. The molecule has 4 heterocycles. The van der Waals surface area contributed by atoms with E-state index in [9.17, 15) is 0 Å². The highest BCUT2D eigenvalue weighted by atomic mass is 16.5. The van der Waals surface area contributed by atoms with Gasteiger partial charge in [0, 0.05) is 39.5 Å². The molecule has 0 spiro atoms. The van der Waals surface area contributed by atoms with E-state index in [0.29, 0.717) is 37.0 Å². The zero-order valence-electron chi connectivity index (χ0n) is 15.8. The topological polar surface area (TPSA) is 104 Å². The molecule has 0 aliphatic heterocycles. The van der Waals surface area contributed by atoms with E-state index in [0.717, 1.165) is 29.0 Å². The number of likely N-dealkylation sites (N-methyl/N-ethyl adjacent to an activating group) is 1. The first-order chi connectivity index (χ1) is 13.7. The average molecular weight is 382 g/mol. The molecule has 0 saturated heterocycles. The van der Waals surface area contributed by atoms with Gasteiger partial charge in [0.05, 0.1) is 18.2 Å². The van der Waals surface area contributed by atoms with E-state index >= 15 is 0 Å². The Morgan fingerprint density at radius 2 is 2.11 bits per heavy atom. The number of imidazole rings is 1. The predicted octanol–water partition coefficient (Wildman–Crippen LogP) is 1.96. The molecule has 9 heteroatoms. The number of rotatable bonds is 8. The fourth-order valence-electron chi connectivity index (χ4n) is 2.98. The van der Waals surface area contributed by atoms with Crippen molar-refractivity contribution < 1.29 is 13.9 Å². The molecule has 4 aromatic rings. The van der Waals surface area contributed by atoms with Crippen LogP contribution in [0.2, 0.25) is 0 Å². The van der Waals surface area contributed by atoms with Gasteiger partial charge in [-0.1, -0.05) is 0 Å². The summed E-state index contributed by atoms with van der Waals surface area (Å²) in [7, 11) is 3.66. The maximum absolute atomic E-state index is 6.08. The highest BCUT2D eigenvalue weighted by Crippen LogP contribution is 2.32. The molecule has 2 N–H and O–H groups in total. The number of nitrogens with zero attached hydrogens (tertiary/aromatic N) is 5. The van der Waals surface area contributed by atoms with Crippen LogP contribution in [0.25, 0.3) is 28.1 Å². The number of nitrogens with two attached hydrogens (primary N) is 1. The van der Waals surface area contributed by atoms with Crippen molar-refractivity contribution in [2.45, 2.75) is 0 Å². The number of anilines is 1. The Kier molecular flexibility index (Phi) is 5.09. The van der Waals surface area contributed by atoms with Gasteiger partial charge in [-0.25, -0.2) is 14.5 Å². The second-order valence-corrected chi connectivity index (χ2v) is 6.29. The molecule has 0 bridgehead atoms. The lowest BCUT2D eigenvalue weighted by Gasteiger charge is -2.17. The summed E-state index contributed by atoms with van der Waals surface area (Å²) in [6.45, 7) is 2.16. The van der Waals surface area contributed by atoms with Crippen molar-refractivity contribution in [1.82, 2.24) is 19.6 Å². The number of furan rings is 1. The smallest absolute Gasteiger partial charge is 0.231 e. The van der Waals surface area contributed by atoms with Crippen LogP contribution in [0.5, 0.6) is 5.88 Å². The lowest BCUT2D eigenvalue weighted by Crippen LogP contribution is -2.23. The van der Waals surface area contributed by atoms with E-state index in [1.807, 2.05) is 30.1 Å². The zero-order valence-corrected chi connectivity index (χ0v) is 15.8. The number of fused-ring (bicyclic) bond motifs is 2. The molecule has 146 valence electrons. The van der Waals surface area contributed by atoms with Crippen LogP contribution in [-0.2, 0) is 4.74 Å². The number of hydrogen-bond acceptors (Lipinski definition) is 8. The number of aromatic nitrogens is 4. The molecule has 0 saturated carbocycles. The highest BCUT2D eigenvalue weighted by Gasteiger charge is 2.17. The molecule has 0 amide bonds. The van der Waals surface area contributed by atoms with Crippen molar-refractivity contribution in [3.8, 4) is 17.3 Å². The standard InChI is InChI=1S/C19H22N6O3/c1-24(8-10-26-2)19-13-11-16(28-15(13)5-7-21-19)14-12-22-17-3-4-18(23-25(14)17)27-9-6-20/h3-5,7,11-12H,6,8-10,20H2,1-2H3. The number of methoxy groups -OCH3 is 1. The van der Waals surface area contributed by atoms with Gasteiger partial charge in [-0.3, -0.25) is 0 Å². The van der Waals surface area contributed by atoms with Crippen LogP contribution in [-0.4, -0.2) is 60.0 Å². The number of hydrogen-bond donors (Lipinski definition) is 1. The van der Waals surface area contributed by atoms with Gasteiger partial charge in [0.25, 0.3) is 0 Å². The van der Waals surface area contributed by atoms with E-state index in [2.05, 4.69) is 15.1 Å². The summed E-state index contributed by atoms with van der Waals surface area (Å²) in [5.41, 5.74) is 7.67. The molecular formula is C19H22N6O3. The Morgan fingerprint density at radius 1 is 1.21 bits per heavy atom. The molecule has 0 fully saturated rings. The lowest BCUT2D eigenvalue weighted by atomic mass is 10.2. The van der Waals surface area contributed by atoms with Gasteiger partial charge in [-0.15, -0.1) is 5.10 Å². The second-order valence-electron chi connectivity index (χ2n) is 6.29. The van der Waals surface area contributed by atoms with E-state index < -0.39 is 0 Å². The summed E-state index contributed by atoms with van der Waals surface area (Å²) in [6, 6.07) is 7.42. The van der Waals surface area contributed by atoms with Gasteiger partial charge in [0.2, 0.25) is 5.88 Å². The normalized spacial score (nSPS) is 11.4. The highest BCUT2D eigenvalue weighted by molar-refractivity contribution is 5.91. The Bertz CT molecular complexity index is 1090. The molecule has 9 nitrogen and oxygen atoms in total. The minimum Gasteiger partial charge on any atom is -0.475 e. The molecule has 4 rings (SSSR count). The van der Waals surface area contributed by atoms with Crippen LogP contribution in [0.4, 0.5) is 5.82 Å². The quantitative estimate of drug-likeness (QED) is 0.493. The molecule has 0 atom stereocenters. The fourth-order valence-corrected chi connectivity index (χ4v) is 2.98. The summed E-state index contributed by atoms with van der Waals surface area (Å²) < 4.78 is 18.5. The van der Waals surface area contributed by atoms with Crippen LogP contribution in [0.3, 0.4) is 0 Å². The summed E-state index contributed by atoms with van der Waals surface area (Å²) >= 11 is 0. The Labute approximate surface area is 161 Å². The molecule has 0 radical (unpaired) electrons. The van der Waals surface area contributed by atoms with Gasteiger partial charge in [0.1, 0.15) is 23.7 Å². The maximum Gasteiger partial charge on any atom is 0.231 e. The zero-order chi connectivity index (χ0) is 19.5. The first kappa shape index (κ1) is 18.2. The van der Waals surface area contributed by atoms with E-state index in [4.69, 9.17) is 19.6 Å². The van der Waals surface area contributed by atoms with Crippen LogP contribution < -0.4 is 15.4 Å². The summed E-state index contributed by atoms with van der Waals surface area (Å²) in [4.78, 5) is 10.9. The number of pyridine rings is 1. The molecular weight excluding hydrogens is 360 g/mol. The molecule has 0 aromatic carbocycles. The Hall–Kier alpha value is -3.17. The van der Waals surface area contributed by atoms with Crippen molar-refractivity contribution >= 4 is 22.4 Å². The van der Waals surface area contributed by atoms with Crippen molar-refractivity contribution in [2.24, 2.45) is 5.73 Å². The summed E-state index contributed by atoms with van der Waals surface area (Å²) in [6.07, 6.45) is 3.47. The second kappa shape index (κ2) is 7.83. The van der Waals surface area contributed by atoms with Crippen molar-refractivity contribution in [3.63, 3.8) is 0 Å². The van der Waals surface area contributed by atoms with Gasteiger partial charge >= 0.3 is 0 Å². The summed E-state index contributed by atoms with van der Waals surface area (Å²) in [5.74, 6) is 1.97. The molecule has 0 aliphatic rings. The van der Waals surface area contributed by atoms with E-state index in [-0.39, 0.29) is 0 Å². The van der Waals surface area contributed by atoms with Gasteiger partial charge in [-0.2, -0.15) is 0 Å². The number of ether oxygens (including phenoxy) is 2. The van der Waals surface area contributed by atoms with Crippen molar-refractivity contribution in [3.05, 3.63) is 36.7 Å². The van der Waals surface area contributed by atoms with Gasteiger partial charge < -0.3 is 24.5 Å². The SMILES string of the molecule is COCCN(C)c1nccc2oc(-c3cnc4ccc(OCCN)nn34)cc12. The molecule has 0 aliphatic carbocycles. The monoisotopic (exact) mass is 382 g/mol. The van der Waals surface area contributed by atoms with E-state index in [1.165, 1.54) is 0 Å². The Balaban J connectivity index is 1.75. The van der Waals surface area contributed by atoms with Crippen LogP contribution in [0.1, 0.15) is 0 Å². The first-order valence-electron chi connectivity index (χ1n) is 8.98. The predicted molar refractivity (Wildman–Crippen MR) is 106 cm³/mol. The Morgan fingerprint density at radius 3 is 2.93 bits per heavy atom. The van der Waals surface area contributed by atoms with Gasteiger partial charge in [0.15, 0.2) is 11.4 Å². The minimum absolute atomic E-state index is 0.399. The van der Waals surface area contributed by atoms with Gasteiger partial charge in [-0.05, 0) is 18.2 Å². The average Bonchev–Trinajstić information content (AvgIpc) is 3.33. The van der Waals surface area contributed by atoms with Crippen molar-refractivity contribution in [2.75, 3.05) is 45.4 Å². The van der Waals surface area contributed by atoms with Crippen molar-refractivity contribution in [1.29, 1.82) is 0 Å². The lowest BCUT2D eigenvalue weighted by molar-refractivity contribution is 0.206. The van der Waals surface area contributed by atoms with Crippen LogP contribution in [0, 0.1) is 0 Å². The third-order valence-corrected chi connectivity index (χ3v) is 4.37. The molecule has 0 unspecified atom stereocenters. The largest absolute Gasteiger partial charge is 0.475 e. The van der Waals surface area contributed by atoms with Crippen LogP contribution >= 0.6 is 0 Å². The third-order valence-electron chi connectivity index (χ3n) is 4.37. The fraction of sp³-hybridized carbons (Fsp3) is 0.316. The first-order valence-corrected chi connectivity index (χ1v) is 8.98. The van der Waals surface area contributed by atoms with E-state index in [1.54, 1.807) is 30.1 Å². The minimum atomic E-state index is 0.399. The van der Waals surface area contributed by atoms with Crippen LogP contribution in [0.15, 0.2) is 41.1 Å². The molecule has 28 heavy (non-hydrogen) atoms. The maximum atomic E-state index is 6.08. The molecule has 4 aromatic heterocycles.